The number of hydrogen-bond donors (Lipinski definition) is 3. The SMILES string of the molecule is CC(C)(C)OC(=O)C1CCCCC1NS(=O)(=O)c1ccc2c(Cl)cnc(N=C(N)N)c2c1. The molecule has 0 aliphatic heterocycles. The Labute approximate surface area is 192 Å². The summed E-state index contributed by atoms with van der Waals surface area (Å²) in [6, 6.07) is 3.88. The summed E-state index contributed by atoms with van der Waals surface area (Å²) < 4.78 is 34.6. The largest absolute Gasteiger partial charge is 0.460 e. The van der Waals surface area contributed by atoms with Crippen LogP contribution in [-0.2, 0) is 19.6 Å². The van der Waals surface area contributed by atoms with Crippen molar-refractivity contribution in [2.75, 3.05) is 0 Å². The van der Waals surface area contributed by atoms with Crippen LogP contribution >= 0.6 is 11.6 Å². The zero-order chi connectivity index (χ0) is 23.7. The molecule has 2 unspecified atom stereocenters. The zero-order valence-electron chi connectivity index (χ0n) is 18.3. The van der Waals surface area contributed by atoms with Gasteiger partial charge in [-0.2, -0.15) is 4.99 Å². The van der Waals surface area contributed by atoms with E-state index in [1.807, 2.05) is 0 Å². The second-order valence-corrected chi connectivity index (χ2v) is 10.9. The molecule has 1 saturated carbocycles. The van der Waals surface area contributed by atoms with Gasteiger partial charge in [0.1, 0.15) is 5.60 Å². The van der Waals surface area contributed by atoms with Gasteiger partial charge in [-0.15, -0.1) is 0 Å². The number of nitrogens with one attached hydrogen (secondary N) is 1. The minimum atomic E-state index is -3.96. The predicted molar refractivity (Wildman–Crippen MR) is 124 cm³/mol. The van der Waals surface area contributed by atoms with Crippen LogP contribution < -0.4 is 16.2 Å². The smallest absolute Gasteiger partial charge is 0.311 e. The van der Waals surface area contributed by atoms with Gasteiger partial charge < -0.3 is 16.2 Å². The first kappa shape index (κ1) is 24.2. The van der Waals surface area contributed by atoms with Crippen LogP contribution in [0.2, 0.25) is 5.02 Å². The molecule has 0 bridgehead atoms. The number of nitrogens with two attached hydrogens (primary N) is 2. The van der Waals surface area contributed by atoms with E-state index in [1.165, 1.54) is 18.3 Å². The number of halogens is 1. The Balaban J connectivity index is 1.94. The minimum absolute atomic E-state index is 0.00498. The number of sulfonamides is 1. The highest BCUT2D eigenvalue weighted by Crippen LogP contribution is 2.33. The molecule has 2 aromatic rings. The van der Waals surface area contributed by atoms with Crippen LogP contribution in [-0.4, -0.2) is 37.0 Å². The van der Waals surface area contributed by atoms with Crippen LogP contribution in [0.25, 0.3) is 10.8 Å². The Morgan fingerprint density at radius 3 is 2.56 bits per heavy atom. The maximum absolute atomic E-state index is 13.2. The summed E-state index contributed by atoms with van der Waals surface area (Å²) >= 11 is 6.20. The van der Waals surface area contributed by atoms with E-state index in [0.717, 1.165) is 12.8 Å². The Morgan fingerprint density at radius 1 is 1.22 bits per heavy atom. The van der Waals surface area contributed by atoms with Gasteiger partial charge in [-0.1, -0.05) is 30.5 Å². The molecule has 0 spiro atoms. The fourth-order valence-electron chi connectivity index (χ4n) is 3.75. The maximum atomic E-state index is 13.2. The van der Waals surface area contributed by atoms with E-state index < -0.39 is 33.6 Å². The number of pyridine rings is 1. The summed E-state index contributed by atoms with van der Waals surface area (Å²) in [7, 11) is -3.96. The number of nitrogens with zero attached hydrogens (tertiary/aromatic N) is 2. The standard InChI is InChI=1S/C21H28ClN5O4S/c1-21(2,3)31-19(28)14-6-4-5-7-17(14)27-32(29,30)12-8-9-13-15(10-12)18(26-20(23)24)25-11-16(13)22/h8-11,14,17,27H,4-7H2,1-3H3,(H4,23,24,25,26). The summed E-state index contributed by atoms with van der Waals surface area (Å²) in [4.78, 5) is 20.7. The van der Waals surface area contributed by atoms with E-state index in [9.17, 15) is 13.2 Å². The van der Waals surface area contributed by atoms with Crippen molar-refractivity contribution >= 4 is 50.1 Å². The number of fused-ring (bicyclic) bond motifs is 1. The number of aliphatic imine (C=N–C) groups is 1. The molecule has 1 aromatic heterocycles. The lowest BCUT2D eigenvalue weighted by Crippen LogP contribution is -2.46. The molecule has 3 rings (SSSR count). The second-order valence-electron chi connectivity index (χ2n) is 8.83. The van der Waals surface area contributed by atoms with E-state index in [-0.39, 0.29) is 16.7 Å². The van der Waals surface area contributed by atoms with Crippen molar-refractivity contribution < 1.29 is 17.9 Å². The molecule has 0 amide bonds. The zero-order valence-corrected chi connectivity index (χ0v) is 19.8. The molecular weight excluding hydrogens is 454 g/mol. The number of esters is 1. The number of carbonyl (C=O) groups is 1. The first-order valence-corrected chi connectivity index (χ1v) is 12.2. The number of rotatable bonds is 5. The molecule has 11 heteroatoms. The summed E-state index contributed by atoms with van der Waals surface area (Å²) in [5.74, 6) is -0.999. The molecule has 1 aromatic carbocycles. The number of aromatic nitrogens is 1. The maximum Gasteiger partial charge on any atom is 0.311 e. The van der Waals surface area contributed by atoms with Gasteiger partial charge in [0.25, 0.3) is 0 Å². The summed E-state index contributed by atoms with van der Waals surface area (Å²) in [6.07, 6.45) is 4.16. The van der Waals surface area contributed by atoms with Crippen LogP contribution in [0.3, 0.4) is 0 Å². The van der Waals surface area contributed by atoms with Crippen LogP contribution in [0.4, 0.5) is 5.82 Å². The van der Waals surface area contributed by atoms with Crippen molar-refractivity contribution in [3.63, 3.8) is 0 Å². The van der Waals surface area contributed by atoms with Gasteiger partial charge in [0, 0.05) is 23.0 Å². The Hall–Kier alpha value is -2.43. The van der Waals surface area contributed by atoms with Gasteiger partial charge >= 0.3 is 5.97 Å². The van der Waals surface area contributed by atoms with E-state index in [0.29, 0.717) is 28.6 Å². The van der Waals surface area contributed by atoms with Crippen molar-refractivity contribution in [2.45, 2.75) is 63.0 Å². The lowest BCUT2D eigenvalue weighted by molar-refractivity contribution is -0.161. The molecule has 0 saturated heterocycles. The fraction of sp³-hybridized carbons (Fsp3) is 0.476. The number of hydrogen-bond acceptors (Lipinski definition) is 6. The Bertz CT molecular complexity index is 1160. The van der Waals surface area contributed by atoms with Crippen LogP contribution in [0.5, 0.6) is 0 Å². The van der Waals surface area contributed by atoms with Crippen LogP contribution in [0.1, 0.15) is 46.5 Å². The van der Waals surface area contributed by atoms with Gasteiger partial charge in [0.05, 0.1) is 15.8 Å². The monoisotopic (exact) mass is 481 g/mol. The molecule has 32 heavy (non-hydrogen) atoms. The quantitative estimate of drug-likeness (QED) is 0.337. The van der Waals surface area contributed by atoms with Crippen molar-refractivity contribution in [3.8, 4) is 0 Å². The predicted octanol–water partition coefficient (Wildman–Crippen LogP) is 2.97. The van der Waals surface area contributed by atoms with E-state index in [2.05, 4.69) is 14.7 Å². The highest BCUT2D eigenvalue weighted by molar-refractivity contribution is 7.89. The average Bonchev–Trinajstić information content (AvgIpc) is 2.68. The molecule has 1 aliphatic rings. The van der Waals surface area contributed by atoms with Crippen molar-refractivity contribution in [2.24, 2.45) is 22.4 Å². The van der Waals surface area contributed by atoms with E-state index in [1.54, 1.807) is 26.8 Å². The minimum Gasteiger partial charge on any atom is -0.460 e. The Kier molecular flexibility index (Phi) is 6.97. The highest BCUT2D eigenvalue weighted by atomic mass is 35.5. The van der Waals surface area contributed by atoms with Crippen LogP contribution in [0, 0.1) is 5.92 Å². The summed E-state index contributed by atoms with van der Waals surface area (Å²) in [6.45, 7) is 5.36. The summed E-state index contributed by atoms with van der Waals surface area (Å²) in [5.41, 5.74) is 10.3. The second kappa shape index (κ2) is 9.21. The van der Waals surface area contributed by atoms with Gasteiger partial charge in [-0.25, -0.2) is 18.1 Å². The summed E-state index contributed by atoms with van der Waals surface area (Å²) in [5, 5.41) is 1.29. The fourth-order valence-corrected chi connectivity index (χ4v) is 5.30. The number of carbonyl (C=O) groups excluding carboxylic acids is 1. The third kappa shape index (κ3) is 5.67. The van der Waals surface area contributed by atoms with Crippen LogP contribution in [0.15, 0.2) is 34.3 Å². The Morgan fingerprint density at radius 2 is 1.91 bits per heavy atom. The van der Waals surface area contributed by atoms with Gasteiger partial charge in [0.15, 0.2) is 11.8 Å². The average molecular weight is 482 g/mol. The van der Waals surface area contributed by atoms with E-state index in [4.69, 9.17) is 27.8 Å². The molecule has 9 nitrogen and oxygen atoms in total. The number of ether oxygens (including phenoxy) is 1. The molecule has 2 atom stereocenters. The normalized spacial score (nSPS) is 19.5. The molecule has 1 aliphatic carbocycles. The van der Waals surface area contributed by atoms with Gasteiger partial charge in [0.2, 0.25) is 10.0 Å². The highest BCUT2D eigenvalue weighted by Gasteiger charge is 2.36. The van der Waals surface area contributed by atoms with Crippen molar-refractivity contribution in [3.05, 3.63) is 29.4 Å². The lowest BCUT2D eigenvalue weighted by Gasteiger charge is -2.32. The molecule has 0 radical (unpaired) electrons. The first-order valence-electron chi connectivity index (χ1n) is 10.3. The van der Waals surface area contributed by atoms with Gasteiger partial charge in [-0.3, -0.25) is 4.79 Å². The number of benzene rings is 1. The lowest BCUT2D eigenvalue weighted by atomic mass is 9.85. The third-order valence-electron chi connectivity index (χ3n) is 5.12. The molecule has 1 heterocycles. The third-order valence-corrected chi connectivity index (χ3v) is 6.91. The first-order chi connectivity index (χ1) is 14.9. The van der Waals surface area contributed by atoms with E-state index >= 15 is 0 Å². The number of guanidine groups is 1. The molecule has 174 valence electrons. The van der Waals surface area contributed by atoms with Gasteiger partial charge in [-0.05, 0) is 45.7 Å². The molecule has 5 N–H and O–H groups in total. The molecular formula is C21H28ClN5O4S. The van der Waals surface area contributed by atoms with Crippen molar-refractivity contribution in [1.82, 2.24) is 9.71 Å². The topological polar surface area (TPSA) is 150 Å². The molecule has 1 fully saturated rings. The van der Waals surface area contributed by atoms with Crippen molar-refractivity contribution in [1.29, 1.82) is 0 Å².